The Morgan fingerprint density at radius 2 is 1.43 bits per heavy atom. The summed E-state index contributed by atoms with van der Waals surface area (Å²) in [6, 6.07) is 0. The summed E-state index contributed by atoms with van der Waals surface area (Å²) in [6.07, 6.45) is 9.95. The summed E-state index contributed by atoms with van der Waals surface area (Å²) in [4.78, 5) is 14.2. The Morgan fingerprint density at radius 3 is 2.00 bits per heavy atom. The molecule has 2 rings (SSSR count). The Hall–Kier alpha value is -0.530. The van der Waals surface area contributed by atoms with Crippen molar-refractivity contribution in [3.05, 3.63) is 0 Å². The molecule has 0 aromatic carbocycles. The van der Waals surface area contributed by atoms with Gasteiger partial charge >= 0.3 is 0 Å². The smallest absolute Gasteiger partial charge is 0.225 e. The lowest BCUT2D eigenvalue weighted by molar-refractivity contribution is -0.134. The average molecular weight is 195 g/mol. The molecular weight excluding hydrogens is 174 g/mol. The van der Waals surface area contributed by atoms with Crippen molar-refractivity contribution in [3.63, 3.8) is 0 Å². The molecule has 0 atom stereocenters. The van der Waals surface area contributed by atoms with E-state index in [0.717, 1.165) is 25.9 Å². The largest absolute Gasteiger partial charge is 0.342 e. The minimum Gasteiger partial charge on any atom is -0.342 e. The molecule has 1 amide bonds. The van der Waals surface area contributed by atoms with Crippen LogP contribution in [0.1, 0.15) is 51.4 Å². The number of carbonyl (C=O) groups excluding carboxylic acids is 1. The zero-order valence-corrected chi connectivity index (χ0v) is 9.00. The van der Waals surface area contributed by atoms with Crippen LogP contribution in [0.5, 0.6) is 0 Å². The van der Waals surface area contributed by atoms with Crippen LogP contribution in [0.25, 0.3) is 0 Å². The van der Waals surface area contributed by atoms with Crippen molar-refractivity contribution in [2.75, 3.05) is 13.1 Å². The quantitative estimate of drug-likeness (QED) is 0.589. The molecule has 0 spiro atoms. The van der Waals surface area contributed by atoms with Gasteiger partial charge in [0.05, 0.1) is 0 Å². The van der Waals surface area contributed by atoms with Gasteiger partial charge in [0.25, 0.3) is 0 Å². The number of carbonyl (C=O) groups is 1. The van der Waals surface area contributed by atoms with E-state index in [1.165, 1.54) is 38.5 Å². The highest BCUT2D eigenvalue weighted by atomic mass is 16.2. The van der Waals surface area contributed by atoms with Crippen molar-refractivity contribution >= 4 is 5.91 Å². The van der Waals surface area contributed by atoms with Crippen molar-refractivity contribution in [2.45, 2.75) is 51.4 Å². The van der Waals surface area contributed by atoms with Crippen molar-refractivity contribution in [2.24, 2.45) is 5.92 Å². The zero-order valence-electron chi connectivity index (χ0n) is 9.00. The van der Waals surface area contributed by atoms with Crippen LogP contribution in [0.3, 0.4) is 0 Å². The minimum atomic E-state index is 0.371. The van der Waals surface area contributed by atoms with E-state index in [-0.39, 0.29) is 0 Å². The first-order chi connectivity index (χ1) is 6.88. The molecule has 0 aromatic rings. The lowest BCUT2D eigenvalue weighted by atomic mass is 9.99. The molecule has 0 N–H and O–H groups in total. The van der Waals surface area contributed by atoms with Gasteiger partial charge in [-0.05, 0) is 25.7 Å². The topological polar surface area (TPSA) is 20.3 Å². The van der Waals surface area contributed by atoms with Gasteiger partial charge in [-0.25, -0.2) is 0 Å². The predicted octanol–water partition coefficient (Wildman–Crippen LogP) is 2.58. The normalized spacial score (nSPS) is 25.0. The van der Waals surface area contributed by atoms with Crippen LogP contribution in [0, 0.1) is 5.92 Å². The van der Waals surface area contributed by atoms with Crippen LogP contribution in [0.4, 0.5) is 0 Å². The number of amides is 1. The average Bonchev–Trinajstić information content (AvgIpc) is 2.59. The monoisotopic (exact) mass is 195 g/mol. The number of likely N-dealkylation sites (tertiary alicyclic amines) is 1. The fraction of sp³-hybridized carbons (Fsp3) is 0.917. The van der Waals surface area contributed by atoms with E-state index < -0.39 is 0 Å². The van der Waals surface area contributed by atoms with Crippen molar-refractivity contribution < 1.29 is 4.79 Å². The number of rotatable bonds is 1. The van der Waals surface area contributed by atoms with Crippen LogP contribution >= 0.6 is 0 Å². The highest BCUT2D eigenvalue weighted by molar-refractivity contribution is 5.79. The van der Waals surface area contributed by atoms with E-state index in [0.29, 0.717) is 11.8 Å². The minimum absolute atomic E-state index is 0.371. The van der Waals surface area contributed by atoms with Crippen LogP contribution in [-0.4, -0.2) is 23.9 Å². The molecular formula is C12H21NO. The molecule has 1 saturated carbocycles. The van der Waals surface area contributed by atoms with Gasteiger partial charge < -0.3 is 4.90 Å². The standard InChI is InChI=1S/C12H21NO/c14-12(13-9-5-6-10-13)11-7-3-1-2-4-8-11/h11H,1-10H2. The fourth-order valence-electron chi connectivity index (χ4n) is 2.72. The molecule has 0 unspecified atom stereocenters. The van der Waals surface area contributed by atoms with Crippen LogP contribution in [0.2, 0.25) is 0 Å². The van der Waals surface area contributed by atoms with Gasteiger partial charge in [0.1, 0.15) is 0 Å². The molecule has 0 aromatic heterocycles. The van der Waals surface area contributed by atoms with Gasteiger partial charge in [-0.2, -0.15) is 0 Å². The maximum absolute atomic E-state index is 12.1. The van der Waals surface area contributed by atoms with Gasteiger partial charge in [-0.3, -0.25) is 4.79 Å². The maximum atomic E-state index is 12.1. The predicted molar refractivity (Wildman–Crippen MR) is 57.0 cm³/mol. The zero-order chi connectivity index (χ0) is 9.80. The Morgan fingerprint density at radius 1 is 0.857 bits per heavy atom. The second-order valence-electron chi connectivity index (χ2n) is 4.72. The summed E-state index contributed by atoms with van der Waals surface area (Å²) in [5, 5.41) is 0. The Kier molecular flexibility index (Phi) is 3.44. The summed E-state index contributed by atoms with van der Waals surface area (Å²) in [6.45, 7) is 2.05. The lowest BCUT2D eigenvalue weighted by Crippen LogP contribution is -2.33. The van der Waals surface area contributed by atoms with Crippen molar-refractivity contribution in [1.29, 1.82) is 0 Å². The van der Waals surface area contributed by atoms with Crippen molar-refractivity contribution in [3.8, 4) is 0 Å². The fourth-order valence-corrected chi connectivity index (χ4v) is 2.72. The summed E-state index contributed by atoms with van der Waals surface area (Å²) >= 11 is 0. The molecule has 0 radical (unpaired) electrons. The van der Waals surface area contributed by atoms with E-state index in [2.05, 4.69) is 4.90 Å². The molecule has 2 heteroatoms. The second-order valence-corrected chi connectivity index (χ2v) is 4.72. The lowest BCUT2D eigenvalue weighted by Gasteiger charge is -2.21. The third-order valence-electron chi connectivity index (χ3n) is 3.62. The summed E-state index contributed by atoms with van der Waals surface area (Å²) in [5.74, 6) is 0.833. The molecule has 1 aliphatic heterocycles. The molecule has 1 saturated heterocycles. The van der Waals surface area contributed by atoms with E-state index in [1.807, 2.05) is 0 Å². The molecule has 0 bridgehead atoms. The summed E-state index contributed by atoms with van der Waals surface area (Å²) in [5.41, 5.74) is 0. The van der Waals surface area contributed by atoms with E-state index >= 15 is 0 Å². The second kappa shape index (κ2) is 4.81. The van der Waals surface area contributed by atoms with Gasteiger partial charge in [0.15, 0.2) is 0 Å². The maximum Gasteiger partial charge on any atom is 0.225 e. The van der Waals surface area contributed by atoms with E-state index in [4.69, 9.17) is 0 Å². The van der Waals surface area contributed by atoms with Gasteiger partial charge in [-0.15, -0.1) is 0 Å². The first-order valence-electron chi connectivity index (χ1n) is 6.17. The van der Waals surface area contributed by atoms with Gasteiger partial charge in [-0.1, -0.05) is 25.7 Å². The summed E-state index contributed by atoms with van der Waals surface area (Å²) in [7, 11) is 0. The van der Waals surface area contributed by atoms with Crippen LogP contribution < -0.4 is 0 Å². The van der Waals surface area contributed by atoms with Gasteiger partial charge in [0, 0.05) is 19.0 Å². The first-order valence-corrected chi connectivity index (χ1v) is 6.17. The Labute approximate surface area is 86.7 Å². The number of nitrogens with zero attached hydrogens (tertiary/aromatic N) is 1. The molecule has 2 nitrogen and oxygen atoms in total. The molecule has 80 valence electrons. The molecule has 1 heterocycles. The summed E-state index contributed by atoms with van der Waals surface area (Å²) < 4.78 is 0. The van der Waals surface area contributed by atoms with E-state index in [9.17, 15) is 4.79 Å². The van der Waals surface area contributed by atoms with E-state index in [1.54, 1.807) is 0 Å². The van der Waals surface area contributed by atoms with Crippen LogP contribution in [-0.2, 0) is 4.79 Å². The Balaban J connectivity index is 1.88. The first kappa shape index (κ1) is 10.0. The number of hydrogen-bond donors (Lipinski definition) is 0. The van der Waals surface area contributed by atoms with Gasteiger partial charge in [0.2, 0.25) is 5.91 Å². The third-order valence-corrected chi connectivity index (χ3v) is 3.62. The number of hydrogen-bond acceptors (Lipinski definition) is 1. The SMILES string of the molecule is O=C(C1CCCCCC1)N1CCCC1. The molecule has 2 aliphatic rings. The molecule has 2 fully saturated rings. The van der Waals surface area contributed by atoms with Crippen LogP contribution in [0.15, 0.2) is 0 Å². The molecule has 1 aliphatic carbocycles. The Bertz CT molecular complexity index is 188. The molecule has 14 heavy (non-hydrogen) atoms. The highest BCUT2D eigenvalue weighted by Gasteiger charge is 2.26. The highest BCUT2D eigenvalue weighted by Crippen LogP contribution is 2.25. The van der Waals surface area contributed by atoms with Crippen molar-refractivity contribution in [1.82, 2.24) is 4.90 Å². The third kappa shape index (κ3) is 2.28.